The number of carbonyl (C=O) groups is 1. The van der Waals surface area contributed by atoms with Gasteiger partial charge in [-0.15, -0.1) is 11.3 Å². The summed E-state index contributed by atoms with van der Waals surface area (Å²) < 4.78 is 55.3. The second kappa shape index (κ2) is 14.6. The van der Waals surface area contributed by atoms with E-state index in [2.05, 4.69) is 15.6 Å². The van der Waals surface area contributed by atoms with Crippen LogP contribution in [0.2, 0.25) is 0 Å². The van der Waals surface area contributed by atoms with Gasteiger partial charge >= 0.3 is 0 Å². The van der Waals surface area contributed by atoms with Crippen LogP contribution in [0.15, 0.2) is 58.9 Å². The molecule has 1 fully saturated rings. The monoisotopic (exact) mass is 650 g/mol. The second-order valence-corrected chi connectivity index (χ2v) is 16.8. The largest absolute Gasteiger partial charge is 0.390 e. The van der Waals surface area contributed by atoms with Crippen molar-refractivity contribution in [2.45, 2.75) is 63.1 Å². The van der Waals surface area contributed by atoms with Crippen molar-refractivity contribution in [2.24, 2.45) is 11.8 Å². The molecule has 1 aromatic heterocycles. The van der Waals surface area contributed by atoms with Crippen LogP contribution in [0.25, 0.3) is 10.2 Å². The maximum Gasteiger partial charge on any atom is 0.243 e. The van der Waals surface area contributed by atoms with E-state index >= 15 is 0 Å². The Kier molecular flexibility index (Phi) is 11.3. The molecule has 2 heterocycles. The Balaban J connectivity index is 1.53. The lowest BCUT2D eigenvalue weighted by Crippen LogP contribution is -2.52. The minimum atomic E-state index is -3.99. The van der Waals surface area contributed by atoms with E-state index in [0.717, 1.165) is 29.6 Å². The molecule has 1 aliphatic rings. The summed E-state index contributed by atoms with van der Waals surface area (Å²) in [5.74, 6) is -1.71. The zero-order valence-electron chi connectivity index (χ0n) is 24.8. The second-order valence-electron chi connectivity index (χ2n) is 11.8. The van der Waals surface area contributed by atoms with E-state index in [9.17, 15) is 26.7 Å². The molecule has 0 bridgehead atoms. The van der Waals surface area contributed by atoms with Crippen molar-refractivity contribution in [1.82, 2.24) is 19.9 Å². The summed E-state index contributed by atoms with van der Waals surface area (Å²) in [4.78, 5) is 17.6. The Hall–Kier alpha value is -2.42. The molecule has 0 aliphatic carbocycles. The van der Waals surface area contributed by atoms with E-state index < -0.39 is 43.8 Å². The van der Waals surface area contributed by atoms with E-state index in [1.54, 1.807) is 24.6 Å². The van der Waals surface area contributed by atoms with Crippen molar-refractivity contribution in [3.8, 4) is 0 Å². The number of nitrogens with zero attached hydrogens (tertiary/aromatic N) is 2. The van der Waals surface area contributed by atoms with Crippen molar-refractivity contribution >= 4 is 47.3 Å². The van der Waals surface area contributed by atoms with Crippen LogP contribution in [-0.2, 0) is 31.1 Å². The first-order chi connectivity index (χ1) is 20.3. The van der Waals surface area contributed by atoms with Gasteiger partial charge in [0.25, 0.3) is 0 Å². The van der Waals surface area contributed by atoms with Crippen LogP contribution in [0.4, 0.5) is 0 Å². The van der Waals surface area contributed by atoms with Crippen LogP contribution < -0.4 is 10.6 Å². The fourth-order valence-corrected chi connectivity index (χ4v) is 9.75. The molecule has 1 amide bonds. The van der Waals surface area contributed by atoms with Crippen LogP contribution in [-0.4, -0.2) is 86.5 Å². The first-order valence-corrected chi connectivity index (χ1v) is 18.8. The van der Waals surface area contributed by atoms with Crippen LogP contribution in [0, 0.1) is 11.8 Å². The number of carbonyl (C=O) groups excluding carboxylic acids is 1. The van der Waals surface area contributed by atoms with Crippen molar-refractivity contribution in [3.63, 3.8) is 0 Å². The summed E-state index contributed by atoms with van der Waals surface area (Å²) in [5, 5.41) is 17.5. The molecule has 4 rings (SSSR count). The van der Waals surface area contributed by atoms with E-state index in [-0.39, 0.29) is 47.9 Å². The van der Waals surface area contributed by atoms with Gasteiger partial charge in [0.05, 0.1) is 44.3 Å². The van der Waals surface area contributed by atoms with Crippen LogP contribution in [0.1, 0.15) is 39.2 Å². The summed E-state index contributed by atoms with van der Waals surface area (Å²) in [7, 11) is -7.49. The van der Waals surface area contributed by atoms with Gasteiger partial charge in [0.2, 0.25) is 15.9 Å². The zero-order chi connectivity index (χ0) is 31.2. The molecule has 236 valence electrons. The number of hydrogen-bond donors (Lipinski definition) is 3. The summed E-state index contributed by atoms with van der Waals surface area (Å²) >= 11 is 1.35. The quantitative estimate of drug-likeness (QED) is 0.228. The third kappa shape index (κ3) is 9.29. The molecule has 3 N–H and O–H groups in total. The lowest BCUT2D eigenvalue weighted by atomic mass is 10.00. The normalized spacial score (nSPS) is 18.2. The van der Waals surface area contributed by atoms with Crippen LogP contribution in [0.5, 0.6) is 0 Å². The lowest BCUT2D eigenvalue weighted by molar-refractivity contribution is -0.125. The Morgan fingerprint density at radius 1 is 1.12 bits per heavy atom. The van der Waals surface area contributed by atoms with E-state index in [4.69, 9.17) is 0 Å². The molecule has 4 atom stereocenters. The van der Waals surface area contributed by atoms with Crippen molar-refractivity contribution in [3.05, 3.63) is 59.6 Å². The predicted octanol–water partition coefficient (Wildman–Crippen LogP) is 2.83. The third-order valence-electron chi connectivity index (χ3n) is 7.56. The Morgan fingerprint density at radius 2 is 1.86 bits per heavy atom. The fourth-order valence-electron chi connectivity index (χ4n) is 5.37. The van der Waals surface area contributed by atoms with Gasteiger partial charge in [-0.2, -0.15) is 4.31 Å². The molecule has 2 aromatic carbocycles. The topological polar surface area (TPSA) is 146 Å². The average Bonchev–Trinajstić information content (AvgIpc) is 3.63. The maximum atomic E-state index is 13.8. The number of aliphatic hydroxyl groups is 1. The molecular weight excluding hydrogens is 609 g/mol. The molecule has 1 unspecified atom stereocenters. The van der Waals surface area contributed by atoms with Crippen LogP contribution in [0.3, 0.4) is 0 Å². The summed E-state index contributed by atoms with van der Waals surface area (Å²) in [6, 6.07) is 13.1. The number of amides is 1. The number of aliphatic hydroxyl groups excluding tert-OH is 1. The standard InChI is InChI=1S/C30H42N4O6S3/c1-21(2)16-34(43(39,40)25-11-12-26-29(15-25)41-20-32-26)17-28(35)27(14-23-8-5-4-6-9-23)33-30(36)22(3)18-42(37,38)19-24-10-7-13-31-24/h4-6,8-9,11-12,15,20-22,24,27-28,31,35H,7,10,13-14,16-19H2,1-3H3,(H,33,36)/t22-,24-,27?,28-/m1/s1. The first-order valence-electron chi connectivity index (χ1n) is 14.6. The highest BCUT2D eigenvalue weighted by Gasteiger charge is 2.33. The van der Waals surface area contributed by atoms with Crippen LogP contribution >= 0.6 is 11.3 Å². The molecule has 0 radical (unpaired) electrons. The molecule has 1 saturated heterocycles. The number of fused-ring (bicyclic) bond motifs is 1. The Labute approximate surface area is 258 Å². The average molecular weight is 651 g/mol. The van der Waals surface area contributed by atoms with Gasteiger partial charge in [-0.1, -0.05) is 51.1 Å². The van der Waals surface area contributed by atoms with Crippen molar-refractivity contribution in [2.75, 3.05) is 31.1 Å². The zero-order valence-corrected chi connectivity index (χ0v) is 27.3. The molecule has 13 heteroatoms. The molecule has 0 spiro atoms. The van der Waals surface area contributed by atoms with Gasteiger partial charge in [0.1, 0.15) is 0 Å². The highest BCUT2D eigenvalue weighted by Crippen LogP contribution is 2.25. The third-order valence-corrected chi connectivity index (χ3v) is 12.1. The Bertz CT molecular complexity index is 1570. The minimum absolute atomic E-state index is 0.0178. The number of nitrogens with one attached hydrogen (secondary N) is 2. The molecule has 10 nitrogen and oxygen atoms in total. The highest BCUT2D eigenvalue weighted by atomic mass is 32.2. The number of sulfone groups is 1. The van der Waals surface area contributed by atoms with E-state index in [0.29, 0.717) is 5.52 Å². The fraction of sp³-hybridized carbons (Fsp3) is 0.533. The number of aromatic nitrogens is 1. The summed E-state index contributed by atoms with van der Waals surface area (Å²) in [6.45, 7) is 6.06. The molecule has 1 aliphatic heterocycles. The van der Waals surface area contributed by atoms with E-state index in [1.165, 1.54) is 21.7 Å². The SMILES string of the molecule is CC(C)CN(C[C@@H](O)C(Cc1ccccc1)NC(=O)[C@H](C)CS(=O)(=O)C[C@H]1CCCN1)S(=O)(=O)c1ccc2ncsc2c1. The molecule has 0 saturated carbocycles. The summed E-state index contributed by atoms with van der Waals surface area (Å²) in [5.41, 5.74) is 3.21. The Morgan fingerprint density at radius 3 is 2.53 bits per heavy atom. The summed E-state index contributed by atoms with van der Waals surface area (Å²) in [6.07, 6.45) is 0.690. The van der Waals surface area contributed by atoms with Gasteiger partial charge < -0.3 is 15.7 Å². The van der Waals surface area contributed by atoms with Gasteiger partial charge in [-0.3, -0.25) is 4.79 Å². The number of sulfonamides is 1. The number of benzene rings is 2. The maximum absolute atomic E-state index is 13.8. The number of rotatable bonds is 15. The lowest BCUT2D eigenvalue weighted by Gasteiger charge is -2.31. The molecular formula is C30H42N4O6S3. The number of thiazole rings is 1. The molecule has 3 aromatic rings. The van der Waals surface area contributed by atoms with E-state index in [1.807, 2.05) is 44.2 Å². The molecule has 43 heavy (non-hydrogen) atoms. The van der Waals surface area contributed by atoms with Gasteiger partial charge in [0.15, 0.2) is 9.84 Å². The van der Waals surface area contributed by atoms with Crippen molar-refractivity contribution < 1.29 is 26.7 Å². The highest BCUT2D eigenvalue weighted by molar-refractivity contribution is 7.91. The predicted molar refractivity (Wildman–Crippen MR) is 170 cm³/mol. The first kappa shape index (κ1) is 33.5. The van der Waals surface area contributed by atoms with Crippen molar-refractivity contribution in [1.29, 1.82) is 0 Å². The minimum Gasteiger partial charge on any atom is -0.390 e. The van der Waals surface area contributed by atoms with Gasteiger partial charge in [-0.25, -0.2) is 21.8 Å². The van der Waals surface area contributed by atoms with Gasteiger partial charge in [-0.05, 0) is 55.5 Å². The van der Waals surface area contributed by atoms with Gasteiger partial charge in [0, 0.05) is 25.0 Å². The number of hydrogen-bond acceptors (Lipinski definition) is 9. The smallest absolute Gasteiger partial charge is 0.243 e.